The standard InChI is InChI=1S/C15H22N2O4/c1-17(11-15(19)7-9-21-10-8-15)14(18)16-12-3-5-13(20-2)6-4-12/h3-6,19H,7-11H2,1-2H3,(H,16,18). The zero-order valence-corrected chi connectivity index (χ0v) is 12.5. The fourth-order valence-corrected chi connectivity index (χ4v) is 2.32. The van der Waals surface area contributed by atoms with E-state index < -0.39 is 5.60 Å². The van der Waals surface area contributed by atoms with Crippen LogP contribution >= 0.6 is 0 Å². The monoisotopic (exact) mass is 294 g/mol. The van der Waals surface area contributed by atoms with Crippen LogP contribution in [0.25, 0.3) is 0 Å². The third-order valence-corrected chi connectivity index (χ3v) is 3.64. The van der Waals surface area contributed by atoms with Gasteiger partial charge in [-0.3, -0.25) is 0 Å². The molecule has 21 heavy (non-hydrogen) atoms. The molecule has 0 unspecified atom stereocenters. The first-order chi connectivity index (χ1) is 10.0. The molecular formula is C15H22N2O4. The number of rotatable bonds is 4. The summed E-state index contributed by atoms with van der Waals surface area (Å²) < 4.78 is 10.3. The lowest BCUT2D eigenvalue weighted by Gasteiger charge is -2.35. The van der Waals surface area contributed by atoms with Crippen molar-refractivity contribution in [3.05, 3.63) is 24.3 Å². The summed E-state index contributed by atoms with van der Waals surface area (Å²) in [5.41, 5.74) is -0.170. The Labute approximate surface area is 124 Å². The number of anilines is 1. The lowest BCUT2D eigenvalue weighted by atomic mass is 9.94. The topological polar surface area (TPSA) is 71.0 Å². The van der Waals surface area contributed by atoms with E-state index in [0.717, 1.165) is 5.75 Å². The van der Waals surface area contributed by atoms with Crippen LogP contribution in [0.2, 0.25) is 0 Å². The lowest BCUT2D eigenvalue weighted by molar-refractivity contribution is -0.0717. The zero-order valence-electron chi connectivity index (χ0n) is 12.5. The highest BCUT2D eigenvalue weighted by Gasteiger charge is 2.32. The van der Waals surface area contributed by atoms with Gasteiger partial charge in [-0.2, -0.15) is 0 Å². The van der Waals surface area contributed by atoms with Gasteiger partial charge < -0.3 is 24.8 Å². The summed E-state index contributed by atoms with van der Waals surface area (Å²) in [7, 11) is 3.27. The van der Waals surface area contributed by atoms with Gasteiger partial charge in [0, 0.05) is 38.8 Å². The fraction of sp³-hybridized carbons (Fsp3) is 0.533. The number of hydrogen-bond donors (Lipinski definition) is 2. The van der Waals surface area contributed by atoms with E-state index in [9.17, 15) is 9.90 Å². The van der Waals surface area contributed by atoms with Crippen molar-refractivity contribution in [2.24, 2.45) is 0 Å². The summed E-state index contributed by atoms with van der Waals surface area (Å²) in [4.78, 5) is 13.6. The van der Waals surface area contributed by atoms with Gasteiger partial charge in [0.25, 0.3) is 0 Å². The van der Waals surface area contributed by atoms with Crippen LogP contribution in [0.5, 0.6) is 5.75 Å². The molecule has 1 aliphatic rings. The predicted molar refractivity (Wildman–Crippen MR) is 79.6 cm³/mol. The van der Waals surface area contributed by atoms with Crippen molar-refractivity contribution in [3.8, 4) is 5.75 Å². The van der Waals surface area contributed by atoms with Crippen LogP contribution in [0.15, 0.2) is 24.3 Å². The number of ether oxygens (including phenoxy) is 2. The van der Waals surface area contributed by atoms with Gasteiger partial charge in [0.1, 0.15) is 5.75 Å². The molecule has 2 N–H and O–H groups in total. The number of nitrogens with zero attached hydrogens (tertiary/aromatic N) is 1. The third-order valence-electron chi connectivity index (χ3n) is 3.64. The second-order valence-corrected chi connectivity index (χ2v) is 5.35. The molecule has 0 radical (unpaired) electrons. The second kappa shape index (κ2) is 6.78. The van der Waals surface area contributed by atoms with Crippen molar-refractivity contribution in [1.29, 1.82) is 0 Å². The van der Waals surface area contributed by atoms with Crippen molar-refractivity contribution >= 4 is 11.7 Å². The molecule has 1 saturated heterocycles. The molecule has 1 fully saturated rings. The van der Waals surface area contributed by atoms with Crippen LogP contribution in [-0.4, -0.2) is 55.6 Å². The third kappa shape index (κ3) is 4.34. The van der Waals surface area contributed by atoms with Crippen molar-refractivity contribution in [2.75, 3.05) is 39.2 Å². The van der Waals surface area contributed by atoms with E-state index in [1.165, 1.54) is 4.90 Å². The Morgan fingerprint density at radius 1 is 1.38 bits per heavy atom. The number of hydrogen-bond acceptors (Lipinski definition) is 4. The SMILES string of the molecule is COc1ccc(NC(=O)N(C)CC2(O)CCOCC2)cc1. The molecule has 0 spiro atoms. The maximum Gasteiger partial charge on any atom is 0.321 e. The van der Waals surface area contributed by atoms with Crippen molar-refractivity contribution in [1.82, 2.24) is 4.90 Å². The number of aliphatic hydroxyl groups is 1. The average Bonchev–Trinajstić information content (AvgIpc) is 2.48. The summed E-state index contributed by atoms with van der Waals surface area (Å²) in [6.45, 7) is 1.35. The average molecular weight is 294 g/mol. The Bertz CT molecular complexity index is 469. The minimum atomic E-state index is -0.857. The van der Waals surface area contributed by atoms with Gasteiger partial charge in [0.05, 0.1) is 19.3 Å². The quantitative estimate of drug-likeness (QED) is 0.886. The Kier molecular flexibility index (Phi) is 5.03. The molecule has 2 rings (SSSR count). The Hall–Kier alpha value is -1.79. The molecule has 0 aromatic heterocycles. The fourth-order valence-electron chi connectivity index (χ4n) is 2.32. The van der Waals surface area contributed by atoms with E-state index in [-0.39, 0.29) is 6.03 Å². The Balaban J connectivity index is 1.89. The van der Waals surface area contributed by atoms with Gasteiger partial charge in [-0.05, 0) is 24.3 Å². The molecule has 6 heteroatoms. The van der Waals surface area contributed by atoms with Gasteiger partial charge in [-0.1, -0.05) is 0 Å². The number of nitrogens with one attached hydrogen (secondary N) is 1. The van der Waals surface area contributed by atoms with Gasteiger partial charge in [-0.15, -0.1) is 0 Å². The smallest absolute Gasteiger partial charge is 0.321 e. The van der Waals surface area contributed by atoms with Crippen LogP contribution in [0.4, 0.5) is 10.5 Å². The van der Waals surface area contributed by atoms with Crippen LogP contribution in [-0.2, 0) is 4.74 Å². The number of benzene rings is 1. The van der Waals surface area contributed by atoms with Crippen LogP contribution < -0.4 is 10.1 Å². The number of urea groups is 1. The molecule has 0 atom stereocenters. The Morgan fingerprint density at radius 2 is 2.00 bits per heavy atom. The summed E-state index contributed by atoms with van der Waals surface area (Å²) in [5.74, 6) is 0.734. The largest absolute Gasteiger partial charge is 0.497 e. The minimum Gasteiger partial charge on any atom is -0.497 e. The molecule has 2 amide bonds. The lowest BCUT2D eigenvalue weighted by Crippen LogP contribution is -2.48. The number of amides is 2. The second-order valence-electron chi connectivity index (χ2n) is 5.35. The van der Waals surface area contributed by atoms with E-state index in [4.69, 9.17) is 9.47 Å². The number of carbonyl (C=O) groups is 1. The van der Waals surface area contributed by atoms with Gasteiger partial charge in [0.2, 0.25) is 0 Å². The van der Waals surface area contributed by atoms with Gasteiger partial charge in [0.15, 0.2) is 0 Å². The maximum absolute atomic E-state index is 12.1. The number of likely N-dealkylation sites (N-methyl/N-ethyl adjacent to an activating group) is 1. The number of methoxy groups -OCH3 is 1. The molecule has 0 aliphatic carbocycles. The molecule has 1 aromatic rings. The van der Waals surface area contributed by atoms with Crippen LogP contribution in [0.3, 0.4) is 0 Å². The van der Waals surface area contributed by atoms with E-state index in [1.54, 1.807) is 38.4 Å². The molecule has 0 saturated carbocycles. The Morgan fingerprint density at radius 3 is 2.57 bits per heavy atom. The molecular weight excluding hydrogens is 272 g/mol. The number of carbonyl (C=O) groups excluding carboxylic acids is 1. The molecule has 1 aromatic carbocycles. The first-order valence-corrected chi connectivity index (χ1v) is 6.99. The summed E-state index contributed by atoms with van der Waals surface area (Å²) >= 11 is 0. The predicted octanol–water partition coefficient (Wildman–Crippen LogP) is 1.70. The van der Waals surface area contributed by atoms with Gasteiger partial charge in [-0.25, -0.2) is 4.79 Å². The molecule has 0 bridgehead atoms. The molecule has 1 heterocycles. The molecule has 116 valence electrons. The summed E-state index contributed by atoms with van der Waals surface area (Å²) in [6, 6.07) is 6.85. The van der Waals surface area contributed by atoms with Crippen molar-refractivity contribution in [2.45, 2.75) is 18.4 Å². The van der Waals surface area contributed by atoms with Crippen molar-refractivity contribution < 1.29 is 19.4 Å². The highest BCUT2D eigenvalue weighted by molar-refractivity contribution is 5.89. The van der Waals surface area contributed by atoms with Crippen LogP contribution in [0, 0.1) is 0 Å². The highest BCUT2D eigenvalue weighted by Crippen LogP contribution is 2.22. The highest BCUT2D eigenvalue weighted by atomic mass is 16.5. The first kappa shape index (κ1) is 15.6. The zero-order chi connectivity index (χ0) is 15.3. The van der Waals surface area contributed by atoms with E-state index in [2.05, 4.69) is 5.32 Å². The van der Waals surface area contributed by atoms with Crippen LogP contribution in [0.1, 0.15) is 12.8 Å². The van der Waals surface area contributed by atoms with Gasteiger partial charge >= 0.3 is 6.03 Å². The summed E-state index contributed by atoms with van der Waals surface area (Å²) in [6.07, 6.45) is 1.10. The van der Waals surface area contributed by atoms with E-state index >= 15 is 0 Å². The minimum absolute atomic E-state index is 0.250. The van der Waals surface area contributed by atoms with E-state index in [0.29, 0.717) is 38.3 Å². The molecule has 1 aliphatic heterocycles. The van der Waals surface area contributed by atoms with E-state index in [1.807, 2.05) is 0 Å². The van der Waals surface area contributed by atoms with Crippen molar-refractivity contribution in [3.63, 3.8) is 0 Å². The molecule has 6 nitrogen and oxygen atoms in total. The maximum atomic E-state index is 12.1. The first-order valence-electron chi connectivity index (χ1n) is 6.99. The summed E-state index contributed by atoms with van der Waals surface area (Å²) in [5, 5.41) is 13.2. The normalized spacial score (nSPS) is 17.1.